The first-order chi connectivity index (χ1) is 11.6. The molecule has 2 heterocycles. The van der Waals surface area contributed by atoms with E-state index >= 15 is 0 Å². The zero-order chi connectivity index (χ0) is 17.4. The van der Waals surface area contributed by atoms with Crippen molar-refractivity contribution in [2.45, 2.75) is 39.2 Å². The molecule has 0 atom stereocenters. The Kier molecular flexibility index (Phi) is 6.77. The average Bonchev–Trinajstić information content (AvgIpc) is 2.61. The summed E-state index contributed by atoms with van der Waals surface area (Å²) in [6, 6.07) is 0.227. The largest absolute Gasteiger partial charge is 0.450 e. The summed E-state index contributed by atoms with van der Waals surface area (Å²) < 4.78 is 5.00. The first-order valence-electron chi connectivity index (χ1n) is 8.42. The number of rotatable bonds is 6. The zero-order valence-corrected chi connectivity index (χ0v) is 14.2. The second kappa shape index (κ2) is 9.05. The lowest BCUT2D eigenvalue weighted by molar-refractivity contribution is 0.0947. The summed E-state index contributed by atoms with van der Waals surface area (Å²) >= 11 is 0. The van der Waals surface area contributed by atoms with E-state index in [2.05, 4.69) is 20.6 Å². The molecule has 8 nitrogen and oxygen atoms in total. The van der Waals surface area contributed by atoms with Crippen LogP contribution in [0.2, 0.25) is 0 Å². The third kappa shape index (κ3) is 5.07. The molecule has 1 fully saturated rings. The molecule has 2 rings (SSSR count). The van der Waals surface area contributed by atoms with Crippen molar-refractivity contribution < 1.29 is 14.3 Å². The normalized spacial score (nSPS) is 15.0. The van der Waals surface area contributed by atoms with Crippen LogP contribution in [0, 0.1) is 0 Å². The number of hydrogen-bond donors (Lipinski definition) is 2. The predicted molar refractivity (Wildman–Crippen MR) is 89.9 cm³/mol. The Labute approximate surface area is 142 Å². The van der Waals surface area contributed by atoms with Crippen molar-refractivity contribution in [1.29, 1.82) is 0 Å². The van der Waals surface area contributed by atoms with Gasteiger partial charge < -0.3 is 20.3 Å². The highest BCUT2D eigenvalue weighted by Gasteiger charge is 2.23. The molecule has 1 aliphatic rings. The summed E-state index contributed by atoms with van der Waals surface area (Å²) in [6.45, 7) is 6.12. The Morgan fingerprint density at radius 1 is 1.25 bits per heavy atom. The van der Waals surface area contributed by atoms with E-state index in [4.69, 9.17) is 4.74 Å². The molecule has 1 aliphatic heterocycles. The van der Waals surface area contributed by atoms with Crippen LogP contribution in [0.15, 0.2) is 12.4 Å². The molecule has 0 radical (unpaired) electrons. The van der Waals surface area contributed by atoms with Gasteiger partial charge in [-0.05, 0) is 26.2 Å². The van der Waals surface area contributed by atoms with Gasteiger partial charge in [0.05, 0.1) is 19.0 Å². The number of likely N-dealkylation sites (tertiary alicyclic amines) is 1. The van der Waals surface area contributed by atoms with Crippen molar-refractivity contribution in [3.8, 4) is 0 Å². The molecule has 0 spiro atoms. The fourth-order valence-corrected chi connectivity index (χ4v) is 2.48. The van der Waals surface area contributed by atoms with Crippen LogP contribution >= 0.6 is 0 Å². The van der Waals surface area contributed by atoms with Gasteiger partial charge in [-0.2, -0.15) is 0 Å². The van der Waals surface area contributed by atoms with Gasteiger partial charge in [-0.25, -0.2) is 14.8 Å². The molecule has 0 aromatic carbocycles. The quantitative estimate of drug-likeness (QED) is 0.820. The number of hydrogen-bond acceptors (Lipinski definition) is 6. The predicted octanol–water partition coefficient (Wildman–Crippen LogP) is 1.65. The molecule has 8 heteroatoms. The molecule has 0 bridgehead atoms. The number of nitrogens with zero attached hydrogens (tertiary/aromatic N) is 3. The van der Waals surface area contributed by atoms with Crippen molar-refractivity contribution in [1.82, 2.24) is 20.2 Å². The van der Waals surface area contributed by atoms with Crippen LogP contribution < -0.4 is 10.6 Å². The smallest absolute Gasteiger partial charge is 0.409 e. The van der Waals surface area contributed by atoms with Crippen LogP contribution in [0.4, 0.5) is 10.6 Å². The van der Waals surface area contributed by atoms with Crippen LogP contribution in [-0.4, -0.2) is 59.2 Å². The Morgan fingerprint density at radius 3 is 2.58 bits per heavy atom. The maximum absolute atomic E-state index is 11.8. The maximum atomic E-state index is 11.8. The van der Waals surface area contributed by atoms with Crippen LogP contribution in [0.1, 0.15) is 43.6 Å². The summed E-state index contributed by atoms with van der Waals surface area (Å²) in [5, 5.41) is 6.06. The molecule has 1 saturated heterocycles. The van der Waals surface area contributed by atoms with E-state index in [0.29, 0.717) is 37.8 Å². The first kappa shape index (κ1) is 18.0. The van der Waals surface area contributed by atoms with Crippen molar-refractivity contribution in [3.05, 3.63) is 18.1 Å². The summed E-state index contributed by atoms with van der Waals surface area (Å²) in [7, 11) is 0. The average molecular weight is 335 g/mol. The van der Waals surface area contributed by atoms with Crippen molar-refractivity contribution >= 4 is 17.8 Å². The van der Waals surface area contributed by atoms with E-state index in [1.165, 1.54) is 6.20 Å². The number of carbonyl (C=O) groups is 2. The highest BCUT2D eigenvalue weighted by atomic mass is 16.6. The number of amides is 2. The first-order valence-corrected chi connectivity index (χ1v) is 8.42. The van der Waals surface area contributed by atoms with E-state index in [1.54, 1.807) is 18.0 Å². The molecular weight excluding hydrogens is 310 g/mol. The summed E-state index contributed by atoms with van der Waals surface area (Å²) in [5.41, 5.74) is 0.311. The number of aromatic nitrogens is 2. The van der Waals surface area contributed by atoms with Gasteiger partial charge in [0.25, 0.3) is 5.91 Å². The number of carbonyl (C=O) groups excluding carboxylic acids is 2. The Balaban J connectivity index is 1.80. The van der Waals surface area contributed by atoms with Gasteiger partial charge in [-0.15, -0.1) is 0 Å². The second-order valence-electron chi connectivity index (χ2n) is 5.65. The molecule has 2 amide bonds. The monoisotopic (exact) mass is 335 g/mol. The Hall–Kier alpha value is -2.38. The molecule has 132 valence electrons. The summed E-state index contributed by atoms with van der Waals surface area (Å²) in [4.78, 5) is 33.5. The highest BCUT2D eigenvalue weighted by Crippen LogP contribution is 2.15. The minimum absolute atomic E-state index is 0.210. The molecule has 24 heavy (non-hydrogen) atoms. The van der Waals surface area contributed by atoms with Crippen LogP contribution in [0.25, 0.3) is 0 Å². The fourth-order valence-electron chi connectivity index (χ4n) is 2.48. The van der Waals surface area contributed by atoms with Crippen LogP contribution in [-0.2, 0) is 4.74 Å². The van der Waals surface area contributed by atoms with Crippen LogP contribution in [0.5, 0.6) is 0 Å². The van der Waals surface area contributed by atoms with E-state index in [-0.39, 0.29) is 18.0 Å². The number of anilines is 1. The van der Waals surface area contributed by atoms with E-state index in [1.807, 2.05) is 6.92 Å². The van der Waals surface area contributed by atoms with Crippen LogP contribution in [0.3, 0.4) is 0 Å². The van der Waals surface area contributed by atoms with Crippen molar-refractivity contribution in [2.75, 3.05) is 31.6 Å². The Bertz CT molecular complexity index is 541. The minimum Gasteiger partial charge on any atom is -0.450 e. The molecule has 1 aromatic rings. The van der Waals surface area contributed by atoms with Crippen molar-refractivity contribution in [2.24, 2.45) is 0 Å². The van der Waals surface area contributed by atoms with Gasteiger partial charge in [0.1, 0.15) is 11.5 Å². The SMILES string of the molecule is CCCNC(=O)c1cnc(NC2CCN(C(=O)OCC)CC2)cn1. The minimum atomic E-state index is -0.252. The van der Waals surface area contributed by atoms with Gasteiger partial charge >= 0.3 is 6.09 Å². The topological polar surface area (TPSA) is 96.5 Å². The number of nitrogens with one attached hydrogen (secondary N) is 2. The maximum Gasteiger partial charge on any atom is 0.409 e. The molecule has 0 unspecified atom stereocenters. The van der Waals surface area contributed by atoms with Gasteiger partial charge in [-0.1, -0.05) is 6.92 Å². The molecule has 1 aromatic heterocycles. The zero-order valence-electron chi connectivity index (χ0n) is 14.2. The third-order valence-electron chi connectivity index (χ3n) is 3.79. The molecule has 0 saturated carbocycles. The highest BCUT2D eigenvalue weighted by molar-refractivity contribution is 5.91. The lowest BCUT2D eigenvalue weighted by atomic mass is 10.1. The van der Waals surface area contributed by atoms with E-state index in [9.17, 15) is 9.59 Å². The molecular formula is C16H25N5O3. The second-order valence-corrected chi connectivity index (χ2v) is 5.65. The standard InChI is InChI=1S/C16H25N5O3/c1-3-7-17-15(22)13-10-19-14(11-18-13)20-12-5-8-21(9-6-12)16(23)24-4-2/h10-12H,3-9H2,1-2H3,(H,17,22)(H,19,20). The van der Waals surface area contributed by atoms with E-state index in [0.717, 1.165) is 19.3 Å². The number of piperidine rings is 1. The third-order valence-corrected chi connectivity index (χ3v) is 3.79. The number of ether oxygens (including phenoxy) is 1. The summed E-state index contributed by atoms with van der Waals surface area (Å²) in [6.07, 6.45) is 5.31. The molecule has 0 aliphatic carbocycles. The van der Waals surface area contributed by atoms with Gasteiger partial charge in [0, 0.05) is 25.7 Å². The van der Waals surface area contributed by atoms with Gasteiger partial charge in [0.2, 0.25) is 0 Å². The summed E-state index contributed by atoms with van der Waals surface area (Å²) in [5.74, 6) is 0.426. The van der Waals surface area contributed by atoms with Gasteiger partial charge in [0.15, 0.2) is 0 Å². The molecule has 2 N–H and O–H groups in total. The lowest BCUT2D eigenvalue weighted by Gasteiger charge is -2.31. The van der Waals surface area contributed by atoms with Crippen molar-refractivity contribution in [3.63, 3.8) is 0 Å². The van der Waals surface area contributed by atoms with Gasteiger partial charge in [-0.3, -0.25) is 4.79 Å². The Morgan fingerprint density at radius 2 is 2.00 bits per heavy atom. The fraction of sp³-hybridized carbons (Fsp3) is 0.625. The van der Waals surface area contributed by atoms with E-state index < -0.39 is 0 Å². The lowest BCUT2D eigenvalue weighted by Crippen LogP contribution is -2.42.